The molecule has 0 unspecified atom stereocenters. The molecule has 1 N–H and O–H groups in total. The average Bonchev–Trinajstić information content (AvgIpc) is 2.54. The van der Waals surface area contributed by atoms with Crippen molar-refractivity contribution < 1.29 is 9.72 Å². The lowest BCUT2D eigenvalue weighted by atomic mass is 10.1. The van der Waals surface area contributed by atoms with Gasteiger partial charge >= 0.3 is 0 Å². The Morgan fingerprint density at radius 1 is 1.17 bits per heavy atom. The van der Waals surface area contributed by atoms with Gasteiger partial charge in [0.2, 0.25) is 5.91 Å². The predicted octanol–water partition coefficient (Wildman–Crippen LogP) is 3.00. The summed E-state index contributed by atoms with van der Waals surface area (Å²) in [7, 11) is 1.74. The molecule has 6 nitrogen and oxygen atoms in total. The van der Waals surface area contributed by atoms with Crippen LogP contribution in [0.2, 0.25) is 5.02 Å². The zero-order valence-corrected chi connectivity index (χ0v) is 14.0. The van der Waals surface area contributed by atoms with Gasteiger partial charge in [-0.3, -0.25) is 19.8 Å². The molecule has 0 radical (unpaired) electrons. The van der Waals surface area contributed by atoms with Crippen LogP contribution in [0.4, 0.5) is 5.69 Å². The molecule has 0 aliphatic heterocycles. The number of rotatable bonds is 7. The smallest absolute Gasteiger partial charge is 0.273 e. The van der Waals surface area contributed by atoms with Crippen molar-refractivity contribution >= 4 is 23.2 Å². The Morgan fingerprint density at radius 2 is 1.79 bits per heavy atom. The van der Waals surface area contributed by atoms with Gasteiger partial charge in [-0.2, -0.15) is 0 Å². The highest BCUT2D eigenvalue weighted by molar-refractivity contribution is 6.31. The maximum atomic E-state index is 12.0. The molecule has 0 atom stereocenters. The van der Waals surface area contributed by atoms with E-state index in [-0.39, 0.29) is 18.1 Å². The molecule has 0 heterocycles. The number of nitro benzene ring substituents is 1. The Bertz CT molecular complexity index is 737. The van der Waals surface area contributed by atoms with Gasteiger partial charge in [0.1, 0.15) is 0 Å². The molecule has 0 fully saturated rings. The molecule has 0 saturated heterocycles. The number of amides is 1. The summed E-state index contributed by atoms with van der Waals surface area (Å²) in [6, 6.07) is 13.8. The number of nitro groups is 1. The van der Waals surface area contributed by atoms with E-state index in [0.29, 0.717) is 23.7 Å². The van der Waals surface area contributed by atoms with E-state index in [1.807, 2.05) is 18.2 Å². The third-order valence-corrected chi connectivity index (χ3v) is 3.84. The fourth-order valence-corrected chi connectivity index (χ4v) is 2.51. The summed E-state index contributed by atoms with van der Waals surface area (Å²) in [5.41, 5.74) is 1.47. The van der Waals surface area contributed by atoms with E-state index >= 15 is 0 Å². The number of nitrogens with zero attached hydrogens (tertiary/aromatic N) is 2. The number of carbonyl (C=O) groups is 1. The molecule has 7 heteroatoms. The fourth-order valence-electron chi connectivity index (χ4n) is 2.31. The molecule has 24 heavy (non-hydrogen) atoms. The van der Waals surface area contributed by atoms with E-state index in [0.717, 1.165) is 5.56 Å². The largest absolute Gasteiger partial charge is 0.351 e. The SMILES string of the molecule is CN(CC(=O)NCc1ccccc1Cl)Cc1ccccc1[N+](=O)[O-]. The van der Waals surface area contributed by atoms with E-state index in [1.165, 1.54) is 6.07 Å². The molecule has 0 aromatic heterocycles. The second-order valence-electron chi connectivity index (χ2n) is 5.43. The maximum Gasteiger partial charge on any atom is 0.273 e. The number of para-hydroxylation sites is 1. The first-order valence-electron chi connectivity index (χ1n) is 7.38. The molecule has 0 aliphatic carbocycles. The number of likely N-dealkylation sites (N-methyl/N-ethyl adjacent to an activating group) is 1. The lowest BCUT2D eigenvalue weighted by Crippen LogP contribution is -2.34. The summed E-state index contributed by atoms with van der Waals surface area (Å²) >= 11 is 6.04. The second kappa shape index (κ2) is 8.42. The van der Waals surface area contributed by atoms with Crippen LogP contribution in [0, 0.1) is 10.1 Å². The molecule has 0 aliphatic rings. The molecular weight excluding hydrogens is 330 g/mol. The zero-order valence-electron chi connectivity index (χ0n) is 13.2. The highest BCUT2D eigenvalue weighted by Gasteiger charge is 2.15. The molecule has 1 amide bonds. The fraction of sp³-hybridized carbons (Fsp3) is 0.235. The van der Waals surface area contributed by atoms with E-state index in [1.54, 1.807) is 36.2 Å². The van der Waals surface area contributed by atoms with Gasteiger partial charge in [-0.15, -0.1) is 0 Å². The molecule has 0 bridgehead atoms. The topological polar surface area (TPSA) is 75.5 Å². The molecule has 126 valence electrons. The van der Waals surface area contributed by atoms with Gasteiger partial charge in [-0.1, -0.05) is 48.0 Å². The van der Waals surface area contributed by atoms with Crippen molar-refractivity contribution in [2.24, 2.45) is 0 Å². The first-order chi connectivity index (χ1) is 11.5. The van der Waals surface area contributed by atoms with E-state index in [2.05, 4.69) is 5.32 Å². The summed E-state index contributed by atoms with van der Waals surface area (Å²) in [6.45, 7) is 0.797. The quantitative estimate of drug-likeness (QED) is 0.617. The van der Waals surface area contributed by atoms with E-state index in [4.69, 9.17) is 11.6 Å². The molecule has 2 aromatic rings. The predicted molar refractivity (Wildman–Crippen MR) is 92.7 cm³/mol. The second-order valence-corrected chi connectivity index (χ2v) is 5.83. The van der Waals surface area contributed by atoms with Gasteiger partial charge in [0.15, 0.2) is 0 Å². The van der Waals surface area contributed by atoms with Crippen LogP contribution in [-0.4, -0.2) is 29.3 Å². The van der Waals surface area contributed by atoms with Crippen molar-refractivity contribution in [3.05, 3.63) is 74.8 Å². The molecule has 2 aromatic carbocycles. The minimum atomic E-state index is -0.416. The average molecular weight is 348 g/mol. The molecule has 0 spiro atoms. The van der Waals surface area contributed by atoms with Gasteiger partial charge in [0.25, 0.3) is 5.69 Å². The standard InChI is InChI=1S/C17H18ClN3O3/c1-20(11-14-7-3-5-9-16(14)21(23)24)12-17(22)19-10-13-6-2-4-8-15(13)18/h2-9H,10-12H2,1H3,(H,19,22). The minimum Gasteiger partial charge on any atom is -0.351 e. The van der Waals surface area contributed by atoms with E-state index in [9.17, 15) is 14.9 Å². The van der Waals surface area contributed by atoms with Crippen molar-refractivity contribution in [3.8, 4) is 0 Å². The number of benzene rings is 2. The third kappa shape index (κ3) is 5.04. The third-order valence-electron chi connectivity index (χ3n) is 3.48. The summed E-state index contributed by atoms with van der Waals surface area (Å²) in [6.07, 6.45) is 0. The van der Waals surface area contributed by atoms with Crippen LogP contribution in [0.3, 0.4) is 0 Å². The number of hydrogen-bond acceptors (Lipinski definition) is 4. The Hall–Kier alpha value is -2.44. The van der Waals surface area contributed by atoms with Gasteiger partial charge in [0, 0.05) is 29.7 Å². The number of nitrogens with one attached hydrogen (secondary N) is 1. The van der Waals surface area contributed by atoms with Gasteiger partial charge in [0.05, 0.1) is 11.5 Å². The van der Waals surface area contributed by atoms with Crippen LogP contribution in [0.25, 0.3) is 0 Å². The number of hydrogen-bond donors (Lipinski definition) is 1. The van der Waals surface area contributed by atoms with Crippen LogP contribution in [0.5, 0.6) is 0 Å². The summed E-state index contributed by atoms with van der Waals surface area (Å²) < 4.78 is 0. The number of halogens is 1. The van der Waals surface area contributed by atoms with Crippen LogP contribution < -0.4 is 5.32 Å². The molecular formula is C17H18ClN3O3. The maximum absolute atomic E-state index is 12.0. The lowest BCUT2D eigenvalue weighted by Gasteiger charge is -2.16. The van der Waals surface area contributed by atoms with Crippen molar-refractivity contribution in [2.45, 2.75) is 13.1 Å². The Kier molecular flexibility index (Phi) is 6.28. The highest BCUT2D eigenvalue weighted by Crippen LogP contribution is 2.19. The molecule has 0 saturated carbocycles. The van der Waals surface area contributed by atoms with Crippen LogP contribution >= 0.6 is 11.6 Å². The normalized spacial score (nSPS) is 10.6. The van der Waals surface area contributed by atoms with Crippen LogP contribution in [0.1, 0.15) is 11.1 Å². The number of carbonyl (C=O) groups excluding carboxylic acids is 1. The Balaban J connectivity index is 1.88. The summed E-state index contributed by atoms with van der Waals surface area (Å²) in [4.78, 5) is 24.3. The summed E-state index contributed by atoms with van der Waals surface area (Å²) in [5, 5.41) is 14.4. The van der Waals surface area contributed by atoms with Crippen molar-refractivity contribution in [2.75, 3.05) is 13.6 Å². The first kappa shape index (κ1) is 17.9. The van der Waals surface area contributed by atoms with Crippen LogP contribution in [-0.2, 0) is 17.9 Å². The van der Waals surface area contributed by atoms with E-state index < -0.39 is 4.92 Å². The van der Waals surface area contributed by atoms with Crippen LogP contribution in [0.15, 0.2) is 48.5 Å². The minimum absolute atomic E-state index is 0.0563. The summed E-state index contributed by atoms with van der Waals surface area (Å²) in [5.74, 6) is -0.170. The first-order valence-corrected chi connectivity index (χ1v) is 7.76. The highest BCUT2D eigenvalue weighted by atomic mass is 35.5. The van der Waals surface area contributed by atoms with Crippen molar-refractivity contribution in [1.82, 2.24) is 10.2 Å². The van der Waals surface area contributed by atoms with Gasteiger partial charge in [-0.25, -0.2) is 0 Å². The monoisotopic (exact) mass is 347 g/mol. The Labute approximate surface area is 145 Å². The zero-order chi connectivity index (χ0) is 17.5. The van der Waals surface area contributed by atoms with Crippen molar-refractivity contribution in [3.63, 3.8) is 0 Å². The molecule has 2 rings (SSSR count). The van der Waals surface area contributed by atoms with Gasteiger partial charge in [-0.05, 0) is 18.7 Å². The Morgan fingerprint density at radius 3 is 2.46 bits per heavy atom. The lowest BCUT2D eigenvalue weighted by molar-refractivity contribution is -0.385. The van der Waals surface area contributed by atoms with Crippen molar-refractivity contribution in [1.29, 1.82) is 0 Å². The van der Waals surface area contributed by atoms with Gasteiger partial charge < -0.3 is 5.32 Å².